The van der Waals surface area contributed by atoms with Crippen molar-refractivity contribution in [1.82, 2.24) is 0 Å². The largest absolute Gasteiger partial charge is 0.494 e. The molecule has 0 bridgehead atoms. The maximum atomic E-state index is 13.8. The molecular weight excluding hydrogens is 245 g/mol. The lowest BCUT2D eigenvalue weighted by molar-refractivity contribution is -0.117. The van der Waals surface area contributed by atoms with E-state index >= 15 is 0 Å². The highest BCUT2D eigenvalue weighted by Gasteiger charge is 2.30. The zero-order valence-corrected chi connectivity index (χ0v) is 10.2. The Bertz CT molecular complexity index is 439. The summed E-state index contributed by atoms with van der Waals surface area (Å²) in [6, 6.07) is 4.48. The van der Waals surface area contributed by atoms with Crippen molar-refractivity contribution in [3.8, 4) is 5.75 Å². The summed E-state index contributed by atoms with van der Waals surface area (Å²) in [4.78, 5) is 13.0. The lowest BCUT2D eigenvalue weighted by Gasteiger charge is -2.17. The molecule has 1 aromatic rings. The van der Waals surface area contributed by atoms with Gasteiger partial charge in [0, 0.05) is 19.0 Å². The molecule has 5 heteroatoms. The van der Waals surface area contributed by atoms with Crippen molar-refractivity contribution < 1.29 is 13.9 Å². The van der Waals surface area contributed by atoms with Crippen molar-refractivity contribution >= 4 is 23.2 Å². The second-order valence-corrected chi connectivity index (χ2v) is 4.47. The van der Waals surface area contributed by atoms with E-state index in [0.29, 0.717) is 18.9 Å². The van der Waals surface area contributed by atoms with Crippen molar-refractivity contribution in [2.45, 2.75) is 18.7 Å². The lowest BCUT2D eigenvalue weighted by Crippen LogP contribution is -2.25. The molecular formula is C12H13ClFNO2. The summed E-state index contributed by atoms with van der Waals surface area (Å²) in [6.45, 7) is 2.66. The van der Waals surface area contributed by atoms with Crippen LogP contribution in [-0.4, -0.2) is 24.4 Å². The van der Waals surface area contributed by atoms with Gasteiger partial charge in [-0.25, -0.2) is 4.39 Å². The number of halogens is 2. The van der Waals surface area contributed by atoms with Crippen molar-refractivity contribution in [2.24, 2.45) is 0 Å². The summed E-state index contributed by atoms with van der Waals surface area (Å²) in [7, 11) is 0. The van der Waals surface area contributed by atoms with E-state index in [2.05, 4.69) is 0 Å². The predicted octanol–water partition coefficient (Wildman–Crippen LogP) is 2.57. The van der Waals surface area contributed by atoms with Crippen LogP contribution in [0.4, 0.5) is 10.1 Å². The quantitative estimate of drug-likeness (QED) is 0.779. The van der Waals surface area contributed by atoms with Gasteiger partial charge >= 0.3 is 0 Å². The molecule has 1 fully saturated rings. The van der Waals surface area contributed by atoms with Crippen molar-refractivity contribution in [1.29, 1.82) is 0 Å². The number of amides is 1. The zero-order chi connectivity index (χ0) is 12.4. The monoisotopic (exact) mass is 257 g/mol. The molecule has 1 aliphatic rings. The van der Waals surface area contributed by atoms with Crippen LogP contribution in [0.3, 0.4) is 0 Å². The first-order chi connectivity index (χ1) is 8.11. The van der Waals surface area contributed by atoms with Gasteiger partial charge in [0.25, 0.3) is 0 Å². The molecule has 1 aromatic carbocycles. The topological polar surface area (TPSA) is 29.5 Å². The third-order valence-corrected chi connectivity index (χ3v) is 2.89. The molecule has 3 nitrogen and oxygen atoms in total. The SMILES string of the molecule is CCOc1ccc(N2CC(Cl)CC2=O)c(F)c1. The summed E-state index contributed by atoms with van der Waals surface area (Å²) in [5, 5.41) is -0.242. The Balaban J connectivity index is 2.24. The fourth-order valence-corrected chi connectivity index (χ4v) is 2.13. The molecule has 1 unspecified atom stereocenters. The van der Waals surface area contributed by atoms with Gasteiger partial charge in [-0.2, -0.15) is 0 Å². The highest BCUT2D eigenvalue weighted by molar-refractivity contribution is 6.24. The van der Waals surface area contributed by atoms with E-state index in [1.165, 1.54) is 11.0 Å². The standard InChI is InChI=1S/C12H13ClFNO2/c1-2-17-9-3-4-11(10(14)6-9)15-7-8(13)5-12(15)16/h3-4,6,8H,2,5,7H2,1H3. The Labute approximate surface area is 104 Å². The molecule has 0 radical (unpaired) electrons. The summed E-state index contributed by atoms with van der Waals surface area (Å²) < 4.78 is 19.0. The molecule has 2 rings (SSSR count). The summed E-state index contributed by atoms with van der Waals surface area (Å²) in [5.41, 5.74) is 0.265. The summed E-state index contributed by atoms with van der Waals surface area (Å²) in [5.74, 6) is -0.147. The van der Waals surface area contributed by atoms with E-state index in [4.69, 9.17) is 16.3 Å². The van der Waals surface area contributed by atoms with E-state index in [1.54, 1.807) is 12.1 Å². The third-order valence-electron chi connectivity index (χ3n) is 2.60. The van der Waals surface area contributed by atoms with Gasteiger partial charge in [-0.05, 0) is 19.1 Å². The smallest absolute Gasteiger partial charge is 0.228 e. The second-order valence-electron chi connectivity index (χ2n) is 3.85. The van der Waals surface area contributed by atoms with Gasteiger partial charge in [-0.3, -0.25) is 4.79 Å². The zero-order valence-electron chi connectivity index (χ0n) is 9.45. The number of hydrogen-bond acceptors (Lipinski definition) is 2. The fraction of sp³-hybridized carbons (Fsp3) is 0.417. The highest BCUT2D eigenvalue weighted by atomic mass is 35.5. The Kier molecular flexibility index (Phi) is 3.52. The van der Waals surface area contributed by atoms with Crippen LogP contribution in [0.2, 0.25) is 0 Å². The number of alkyl halides is 1. The van der Waals surface area contributed by atoms with Gasteiger partial charge in [0.2, 0.25) is 5.91 Å². The molecule has 1 amide bonds. The van der Waals surface area contributed by atoms with Crippen LogP contribution >= 0.6 is 11.6 Å². The molecule has 17 heavy (non-hydrogen) atoms. The number of ether oxygens (including phenoxy) is 1. The van der Waals surface area contributed by atoms with Gasteiger partial charge in [-0.15, -0.1) is 11.6 Å². The van der Waals surface area contributed by atoms with Crippen molar-refractivity contribution in [2.75, 3.05) is 18.1 Å². The van der Waals surface area contributed by atoms with E-state index < -0.39 is 5.82 Å². The maximum absolute atomic E-state index is 13.8. The maximum Gasteiger partial charge on any atom is 0.228 e. The molecule has 0 aliphatic carbocycles. The van der Waals surface area contributed by atoms with Crippen molar-refractivity contribution in [3.05, 3.63) is 24.0 Å². The van der Waals surface area contributed by atoms with Gasteiger partial charge in [0.05, 0.1) is 17.7 Å². The Morgan fingerprint density at radius 3 is 2.88 bits per heavy atom. The molecule has 92 valence electrons. The molecule has 0 aromatic heterocycles. The first kappa shape index (κ1) is 12.2. The molecule has 0 spiro atoms. The van der Waals surface area contributed by atoms with Gasteiger partial charge in [0.15, 0.2) is 5.82 Å². The Hall–Kier alpha value is -1.29. The van der Waals surface area contributed by atoms with Crippen LogP contribution in [0.25, 0.3) is 0 Å². The second kappa shape index (κ2) is 4.92. The number of rotatable bonds is 3. The molecule has 1 heterocycles. The first-order valence-electron chi connectivity index (χ1n) is 5.48. The van der Waals surface area contributed by atoms with Crippen LogP contribution in [0.15, 0.2) is 18.2 Å². The van der Waals surface area contributed by atoms with Crippen molar-refractivity contribution in [3.63, 3.8) is 0 Å². The average Bonchev–Trinajstić information content (AvgIpc) is 2.58. The number of hydrogen-bond donors (Lipinski definition) is 0. The van der Waals surface area contributed by atoms with Crippen LogP contribution in [0, 0.1) is 5.82 Å². The van der Waals surface area contributed by atoms with Crippen LogP contribution in [0.1, 0.15) is 13.3 Å². The minimum absolute atomic E-state index is 0.145. The average molecular weight is 258 g/mol. The predicted molar refractivity (Wildman–Crippen MR) is 64.2 cm³/mol. The van der Waals surface area contributed by atoms with Gasteiger partial charge in [-0.1, -0.05) is 0 Å². The van der Waals surface area contributed by atoms with E-state index in [-0.39, 0.29) is 23.4 Å². The number of carbonyl (C=O) groups is 1. The van der Waals surface area contributed by atoms with Gasteiger partial charge in [0.1, 0.15) is 5.75 Å². The van der Waals surface area contributed by atoms with Crippen LogP contribution in [0.5, 0.6) is 5.75 Å². The number of benzene rings is 1. The minimum atomic E-state index is -0.463. The number of nitrogens with zero attached hydrogens (tertiary/aromatic N) is 1. The number of carbonyl (C=O) groups excluding carboxylic acids is 1. The van der Waals surface area contributed by atoms with Crippen LogP contribution in [-0.2, 0) is 4.79 Å². The Morgan fingerprint density at radius 2 is 2.35 bits per heavy atom. The Morgan fingerprint density at radius 1 is 1.59 bits per heavy atom. The third kappa shape index (κ3) is 2.52. The normalized spacial score (nSPS) is 19.8. The van der Waals surface area contributed by atoms with E-state index in [0.717, 1.165) is 0 Å². The first-order valence-corrected chi connectivity index (χ1v) is 5.92. The number of anilines is 1. The lowest BCUT2D eigenvalue weighted by atomic mass is 10.2. The molecule has 1 atom stereocenters. The van der Waals surface area contributed by atoms with Gasteiger partial charge < -0.3 is 9.64 Å². The molecule has 1 saturated heterocycles. The highest BCUT2D eigenvalue weighted by Crippen LogP contribution is 2.29. The fourth-order valence-electron chi connectivity index (χ4n) is 1.86. The summed E-state index contributed by atoms with van der Waals surface area (Å²) >= 11 is 5.88. The van der Waals surface area contributed by atoms with E-state index in [9.17, 15) is 9.18 Å². The van der Waals surface area contributed by atoms with Crippen LogP contribution < -0.4 is 9.64 Å². The molecule has 1 aliphatic heterocycles. The minimum Gasteiger partial charge on any atom is -0.494 e. The molecule has 0 N–H and O–H groups in total. The summed E-state index contributed by atoms with van der Waals surface area (Å²) in [6.07, 6.45) is 0.258. The molecule has 0 saturated carbocycles. The van der Waals surface area contributed by atoms with E-state index in [1.807, 2.05) is 6.92 Å².